The Morgan fingerprint density at radius 3 is 2.54 bits per heavy atom. The molecule has 0 spiro atoms. The standard InChI is InChI=1S/C10H13NOS/c1-2-3-10(12)11-8-4-6-9(13)7-5-8/h4-7,13H,2-3H2,1H3,(H,11,12). The summed E-state index contributed by atoms with van der Waals surface area (Å²) < 4.78 is 0. The molecule has 0 fully saturated rings. The second kappa shape index (κ2) is 4.92. The second-order valence-electron chi connectivity index (χ2n) is 2.85. The van der Waals surface area contributed by atoms with Crippen LogP contribution in [0.2, 0.25) is 0 Å². The zero-order chi connectivity index (χ0) is 9.68. The van der Waals surface area contributed by atoms with Crippen LogP contribution in [0.4, 0.5) is 5.69 Å². The predicted molar refractivity (Wildman–Crippen MR) is 57.2 cm³/mol. The van der Waals surface area contributed by atoms with E-state index in [1.165, 1.54) is 0 Å². The third kappa shape index (κ3) is 3.51. The number of anilines is 1. The summed E-state index contributed by atoms with van der Waals surface area (Å²) in [4.78, 5) is 12.1. The van der Waals surface area contributed by atoms with Gasteiger partial charge in [0, 0.05) is 17.0 Å². The Balaban J connectivity index is 2.54. The maximum atomic E-state index is 11.2. The van der Waals surface area contributed by atoms with Crippen LogP contribution in [0.25, 0.3) is 0 Å². The number of rotatable bonds is 3. The first-order valence-electron chi connectivity index (χ1n) is 4.31. The van der Waals surface area contributed by atoms with Gasteiger partial charge in [-0.3, -0.25) is 4.79 Å². The Bertz CT molecular complexity index is 281. The molecular formula is C10H13NOS. The maximum absolute atomic E-state index is 11.2. The fourth-order valence-electron chi connectivity index (χ4n) is 0.995. The minimum Gasteiger partial charge on any atom is -0.326 e. The minimum absolute atomic E-state index is 0.0643. The van der Waals surface area contributed by atoms with E-state index in [0.29, 0.717) is 6.42 Å². The number of amides is 1. The molecule has 70 valence electrons. The van der Waals surface area contributed by atoms with Crippen molar-refractivity contribution >= 4 is 24.2 Å². The first kappa shape index (κ1) is 10.1. The molecule has 1 aromatic carbocycles. The summed E-state index contributed by atoms with van der Waals surface area (Å²) in [5.41, 5.74) is 0.830. The lowest BCUT2D eigenvalue weighted by Crippen LogP contribution is -2.10. The summed E-state index contributed by atoms with van der Waals surface area (Å²) in [5, 5.41) is 2.80. The summed E-state index contributed by atoms with van der Waals surface area (Å²) >= 11 is 4.15. The van der Waals surface area contributed by atoms with Gasteiger partial charge in [0.15, 0.2) is 0 Å². The van der Waals surface area contributed by atoms with E-state index in [2.05, 4.69) is 17.9 Å². The SMILES string of the molecule is CCCC(=O)Nc1ccc(S)cc1. The van der Waals surface area contributed by atoms with E-state index >= 15 is 0 Å². The smallest absolute Gasteiger partial charge is 0.224 e. The number of nitrogens with one attached hydrogen (secondary N) is 1. The topological polar surface area (TPSA) is 29.1 Å². The third-order valence-electron chi connectivity index (χ3n) is 1.63. The number of hydrogen-bond donors (Lipinski definition) is 2. The Morgan fingerprint density at radius 1 is 1.38 bits per heavy atom. The molecule has 0 bridgehead atoms. The van der Waals surface area contributed by atoms with E-state index in [0.717, 1.165) is 17.0 Å². The van der Waals surface area contributed by atoms with E-state index in [1.807, 2.05) is 31.2 Å². The van der Waals surface area contributed by atoms with Gasteiger partial charge >= 0.3 is 0 Å². The lowest BCUT2D eigenvalue weighted by molar-refractivity contribution is -0.116. The first-order chi connectivity index (χ1) is 6.22. The van der Waals surface area contributed by atoms with Crippen LogP contribution >= 0.6 is 12.6 Å². The van der Waals surface area contributed by atoms with Crippen molar-refractivity contribution in [2.75, 3.05) is 5.32 Å². The van der Waals surface area contributed by atoms with E-state index in [4.69, 9.17) is 0 Å². The Labute approximate surface area is 83.8 Å². The first-order valence-corrected chi connectivity index (χ1v) is 4.76. The van der Waals surface area contributed by atoms with Crippen molar-refractivity contribution in [2.45, 2.75) is 24.7 Å². The molecule has 0 aliphatic rings. The Morgan fingerprint density at radius 2 is 2.00 bits per heavy atom. The molecule has 0 saturated heterocycles. The predicted octanol–water partition coefficient (Wildman–Crippen LogP) is 2.71. The zero-order valence-electron chi connectivity index (χ0n) is 7.58. The van der Waals surface area contributed by atoms with Crippen molar-refractivity contribution in [3.8, 4) is 0 Å². The van der Waals surface area contributed by atoms with Crippen LogP contribution < -0.4 is 5.32 Å². The highest BCUT2D eigenvalue weighted by molar-refractivity contribution is 7.80. The largest absolute Gasteiger partial charge is 0.326 e. The molecule has 2 nitrogen and oxygen atoms in total. The van der Waals surface area contributed by atoms with Crippen molar-refractivity contribution in [3.05, 3.63) is 24.3 Å². The highest BCUT2D eigenvalue weighted by Gasteiger charge is 1.99. The lowest BCUT2D eigenvalue weighted by Gasteiger charge is -2.03. The normalized spacial score (nSPS) is 9.69. The fraction of sp³-hybridized carbons (Fsp3) is 0.300. The van der Waals surface area contributed by atoms with Crippen LogP contribution in [0.15, 0.2) is 29.2 Å². The molecule has 1 rings (SSSR count). The number of benzene rings is 1. The van der Waals surface area contributed by atoms with Crippen LogP contribution in [0.1, 0.15) is 19.8 Å². The minimum atomic E-state index is 0.0643. The van der Waals surface area contributed by atoms with Gasteiger partial charge in [0.25, 0.3) is 0 Å². The van der Waals surface area contributed by atoms with Crippen molar-refractivity contribution in [1.82, 2.24) is 0 Å². The van der Waals surface area contributed by atoms with Gasteiger partial charge in [-0.15, -0.1) is 12.6 Å². The molecule has 0 aliphatic heterocycles. The molecule has 0 unspecified atom stereocenters. The number of carbonyl (C=O) groups excluding carboxylic acids is 1. The van der Waals surface area contributed by atoms with Crippen LogP contribution in [-0.4, -0.2) is 5.91 Å². The molecule has 3 heteroatoms. The highest BCUT2D eigenvalue weighted by Crippen LogP contribution is 2.12. The van der Waals surface area contributed by atoms with Gasteiger partial charge in [0.1, 0.15) is 0 Å². The molecule has 0 aliphatic carbocycles. The van der Waals surface area contributed by atoms with Crippen molar-refractivity contribution in [2.24, 2.45) is 0 Å². The van der Waals surface area contributed by atoms with E-state index in [-0.39, 0.29) is 5.91 Å². The zero-order valence-corrected chi connectivity index (χ0v) is 8.47. The van der Waals surface area contributed by atoms with Gasteiger partial charge in [-0.05, 0) is 30.7 Å². The van der Waals surface area contributed by atoms with Gasteiger partial charge in [-0.2, -0.15) is 0 Å². The average Bonchev–Trinajstić information content (AvgIpc) is 2.09. The third-order valence-corrected chi connectivity index (χ3v) is 1.93. The molecule has 0 saturated carbocycles. The molecule has 0 atom stereocenters. The van der Waals surface area contributed by atoms with Gasteiger partial charge < -0.3 is 5.32 Å². The van der Waals surface area contributed by atoms with E-state index in [1.54, 1.807) is 0 Å². The Hall–Kier alpha value is -0.960. The quantitative estimate of drug-likeness (QED) is 0.713. The molecule has 1 N–H and O–H groups in total. The van der Waals surface area contributed by atoms with Gasteiger partial charge in [-0.25, -0.2) is 0 Å². The fourth-order valence-corrected chi connectivity index (χ4v) is 1.14. The summed E-state index contributed by atoms with van der Waals surface area (Å²) in [6.07, 6.45) is 1.44. The number of thiol groups is 1. The summed E-state index contributed by atoms with van der Waals surface area (Å²) in [7, 11) is 0. The molecular weight excluding hydrogens is 182 g/mol. The molecule has 0 heterocycles. The summed E-state index contributed by atoms with van der Waals surface area (Å²) in [5.74, 6) is 0.0643. The van der Waals surface area contributed by atoms with Crippen LogP contribution in [-0.2, 0) is 4.79 Å². The summed E-state index contributed by atoms with van der Waals surface area (Å²) in [6, 6.07) is 7.39. The molecule has 1 aromatic rings. The van der Waals surface area contributed by atoms with Gasteiger partial charge in [-0.1, -0.05) is 6.92 Å². The monoisotopic (exact) mass is 195 g/mol. The van der Waals surface area contributed by atoms with Crippen molar-refractivity contribution < 1.29 is 4.79 Å². The van der Waals surface area contributed by atoms with Crippen molar-refractivity contribution in [1.29, 1.82) is 0 Å². The summed E-state index contributed by atoms with van der Waals surface area (Å²) in [6.45, 7) is 1.98. The molecule has 0 aromatic heterocycles. The van der Waals surface area contributed by atoms with Gasteiger partial charge in [0.2, 0.25) is 5.91 Å². The highest BCUT2D eigenvalue weighted by atomic mass is 32.1. The number of carbonyl (C=O) groups is 1. The van der Waals surface area contributed by atoms with E-state index < -0.39 is 0 Å². The molecule has 0 radical (unpaired) electrons. The van der Waals surface area contributed by atoms with Crippen LogP contribution in [0, 0.1) is 0 Å². The maximum Gasteiger partial charge on any atom is 0.224 e. The molecule has 13 heavy (non-hydrogen) atoms. The van der Waals surface area contributed by atoms with Crippen LogP contribution in [0.3, 0.4) is 0 Å². The Kier molecular flexibility index (Phi) is 3.83. The van der Waals surface area contributed by atoms with E-state index in [9.17, 15) is 4.79 Å². The van der Waals surface area contributed by atoms with Crippen molar-refractivity contribution in [3.63, 3.8) is 0 Å². The average molecular weight is 195 g/mol. The van der Waals surface area contributed by atoms with Gasteiger partial charge in [0.05, 0.1) is 0 Å². The number of hydrogen-bond acceptors (Lipinski definition) is 2. The van der Waals surface area contributed by atoms with Crippen LogP contribution in [0.5, 0.6) is 0 Å². The molecule has 1 amide bonds. The second-order valence-corrected chi connectivity index (χ2v) is 3.36. The lowest BCUT2D eigenvalue weighted by atomic mass is 10.3.